The van der Waals surface area contributed by atoms with Crippen LogP contribution in [0.1, 0.15) is 18.4 Å². The van der Waals surface area contributed by atoms with E-state index in [1.165, 1.54) is 11.0 Å². The molecular formula is C23H25FN4O4. The summed E-state index contributed by atoms with van der Waals surface area (Å²) in [6.45, 7) is 2.57. The molecule has 168 valence electrons. The van der Waals surface area contributed by atoms with Gasteiger partial charge in [0.25, 0.3) is 5.91 Å². The van der Waals surface area contributed by atoms with Crippen molar-refractivity contribution in [1.29, 1.82) is 0 Å². The Morgan fingerprint density at radius 3 is 2.56 bits per heavy atom. The first-order valence-corrected chi connectivity index (χ1v) is 10.5. The number of imide groups is 1. The largest absolute Gasteiger partial charge is 0.492 e. The summed E-state index contributed by atoms with van der Waals surface area (Å²) in [7, 11) is 0. The Morgan fingerprint density at radius 2 is 1.88 bits per heavy atom. The Morgan fingerprint density at radius 1 is 1.16 bits per heavy atom. The molecule has 4 rings (SSSR count). The number of nitrogens with one attached hydrogen (secondary N) is 2. The van der Waals surface area contributed by atoms with Crippen molar-refractivity contribution in [3.8, 4) is 5.75 Å². The van der Waals surface area contributed by atoms with Gasteiger partial charge in [-0.3, -0.25) is 9.69 Å². The average molecular weight is 440 g/mol. The number of rotatable bonds is 5. The number of hydrogen-bond acceptors (Lipinski definition) is 4. The molecule has 0 atom stereocenters. The number of likely N-dealkylation sites (tertiary alicyclic amines) is 1. The minimum atomic E-state index is -1.00. The monoisotopic (exact) mass is 440 g/mol. The van der Waals surface area contributed by atoms with Gasteiger partial charge in [-0.25, -0.2) is 14.0 Å². The van der Waals surface area contributed by atoms with Crippen LogP contribution in [0.2, 0.25) is 0 Å². The highest BCUT2D eigenvalue weighted by Crippen LogP contribution is 2.30. The first kappa shape index (κ1) is 21.6. The van der Waals surface area contributed by atoms with Gasteiger partial charge in [0, 0.05) is 18.8 Å². The quantitative estimate of drug-likeness (QED) is 0.699. The molecule has 0 bridgehead atoms. The van der Waals surface area contributed by atoms with E-state index < -0.39 is 17.4 Å². The standard InChI is InChI=1S/C23H25FN4O4/c1-16-7-8-17(15-19(16)24)25-21(30)27-11-9-23(10-12-27)20(29)28(22(31)26-23)13-14-32-18-5-3-2-4-6-18/h2-8,15H,9-14H2,1H3,(H,25,30)(H,26,31). The van der Waals surface area contributed by atoms with Crippen LogP contribution in [-0.4, -0.2) is 59.5 Å². The van der Waals surface area contributed by atoms with Crippen molar-refractivity contribution < 1.29 is 23.5 Å². The number of halogens is 1. The highest BCUT2D eigenvalue weighted by Gasteiger charge is 2.52. The minimum absolute atomic E-state index is 0.143. The van der Waals surface area contributed by atoms with Crippen LogP contribution in [0, 0.1) is 12.7 Å². The van der Waals surface area contributed by atoms with E-state index in [1.807, 2.05) is 18.2 Å². The summed E-state index contributed by atoms with van der Waals surface area (Å²) in [6.07, 6.45) is 0.618. The number of piperidine rings is 1. The molecule has 0 aromatic heterocycles. The van der Waals surface area contributed by atoms with Crippen molar-refractivity contribution in [2.75, 3.05) is 31.6 Å². The molecule has 2 fully saturated rings. The second-order valence-corrected chi connectivity index (χ2v) is 8.01. The number of hydrogen-bond donors (Lipinski definition) is 2. The predicted molar refractivity (Wildman–Crippen MR) is 116 cm³/mol. The molecule has 2 aromatic rings. The zero-order valence-electron chi connectivity index (χ0n) is 17.8. The van der Waals surface area contributed by atoms with E-state index in [0.717, 1.165) is 0 Å². The molecule has 2 aromatic carbocycles. The van der Waals surface area contributed by atoms with E-state index in [4.69, 9.17) is 4.74 Å². The van der Waals surface area contributed by atoms with Crippen molar-refractivity contribution >= 4 is 23.7 Å². The lowest BCUT2D eigenvalue weighted by Gasteiger charge is -2.37. The third-order valence-electron chi connectivity index (χ3n) is 5.90. The summed E-state index contributed by atoms with van der Waals surface area (Å²) < 4.78 is 19.3. The van der Waals surface area contributed by atoms with Crippen LogP contribution in [0.4, 0.5) is 19.7 Å². The lowest BCUT2D eigenvalue weighted by Crippen LogP contribution is -2.56. The molecule has 5 amide bonds. The molecule has 2 aliphatic heterocycles. The van der Waals surface area contributed by atoms with Crippen molar-refractivity contribution in [3.05, 3.63) is 59.9 Å². The Labute approximate surface area is 185 Å². The molecule has 2 aliphatic rings. The van der Waals surface area contributed by atoms with Crippen molar-refractivity contribution in [2.24, 2.45) is 0 Å². The van der Waals surface area contributed by atoms with Gasteiger partial charge in [0.1, 0.15) is 23.7 Å². The maximum Gasteiger partial charge on any atom is 0.325 e. The molecule has 0 saturated carbocycles. The van der Waals surface area contributed by atoms with Gasteiger partial charge >= 0.3 is 12.1 Å². The smallest absolute Gasteiger partial charge is 0.325 e. The Bertz CT molecular complexity index is 1020. The first-order chi connectivity index (χ1) is 15.4. The van der Waals surface area contributed by atoms with Gasteiger partial charge in [-0.05, 0) is 49.6 Å². The fourth-order valence-corrected chi connectivity index (χ4v) is 3.95. The Hall–Kier alpha value is -3.62. The summed E-state index contributed by atoms with van der Waals surface area (Å²) in [5.41, 5.74) is -0.137. The third-order valence-corrected chi connectivity index (χ3v) is 5.90. The number of carbonyl (C=O) groups excluding carboxylic acids is 3. The van der Waals surface area contributed by atoms with E-state index in [1.54, 1.807) is 36.1 Å². The number of amides is 5. The van der Waals surface area contributed by atoms with Gasteiger partial charge in [-0.1, -0.05) is 24.3 Å². The molecule has 9 heteroatoms. The van der Waals surface area contributed by atoms with Crippen LogP contribution in [0.25, 0.3) is 0 Å². The first-order valence-electron chi connectivity index (χ1n) is 10.5. The molecule has 2 N–H and O–H groups in total. The summed E-state index contributed by atoms with van der Waals surface area (Å²) in [4.78, 5) is 40.7. The van der Waals surface area contributed by atoms with Gasteiger partial charge in [-0.2, -0.15) is 0 Å². The number of ether oxygens (including phenoxy) is 1. The van der Waals surface area contributed by atoms with Crippen LogP contribution < -0.4 is 15.4 Å². The number of nitrogens with zero attached hydrogens (tertiary/aromatic N) is 2. The summed E-state index contributed by atoms with van der Waals surface area (Å²) >= 11 is 0. The fraction of sp³-hybridized carbons (Fsp3) is 0.348. The van der Waals surface area contributed by atoms with Gasteiger partial charge in [0.15, 0.2) is 0 Å². The summed E-state index contributed by atoms with van der Waals surface area (Å²) in [5.74, 6) is -0.0159. The molecule has 1 spiro atoms. The van der Waals surface area contributed by atoms with Crippen molar-refractivity contribution in [1.82, 2.24) is 15.1 Å². The molecule has 8 nitrogen and oxygen atoms in total. The molecule has 2 heterocycles. The normalized spacial score (nSPS) is 17.4. The molecule has 2 saturated heterocycles. The van der Waals surface area contributed by atoms with E-state index in [9.17, 15) is 18.8 Å². The summed E-state index contributed by atoms with van der Waals surface area (Å²) in [6, 6.07) is 12.9. The molecule has 0 radical (unpaired) electrons. The number of benzene rings is 2. The number of carbonyl (C=O) groups is 3. The van der Waals surface area contributed by atoms with Crippen LogP contribution in [-0.2, 0) is 4.79 Å². The predicted octanol–water partition coefficient (Wildman–Crippen LogP) is 3.13. The van der Waals surface area contributed by atoms with Crippen LogP contribution in [0.5, 0.6) is 5.75 Å². The van der Waals surface area contributed by atoms with Crippen LogP contribution in [0.15, 0.2) is 48.5 Å². The topological polar surface area (TPSA) is 91.0 Å². The van der Waals surface area contributed by atoms with Gasteiger partial charge in [0.2, 0.25) is 0 Å². The summed E-state index contributed by atoms with van der Waals surface area (Å²) in [5, 5.41) is 5.49. The fourth-order valence-electron chi connectivity index (χ4n) is 3.95. The molecule has 0 unspecified atom stereocenters. The highest BCUT2D eigenvalue weighted by atomic mass is 19.1. The van der Waals surface area contributed by atoms with Crippen LogP contribution in [0.3, 0.4) is 0 Å². The van der Waals surface area contributed by atoms with Crippen molar-refractivity contribution in [2.45, 2.75) is 25.3 Å². The van der Waals surface area contributed by atoms with Gasteiger partial charge in [0.05, 0.1) is 6.54 Å². The van der Waals surface area contributed by atoms with E-state index in [0.29, 0.717) is 42.9 Å². The maximum absolute atomic E-state index is 13.7. The number of aryl methyl sites for hydroxylation is 1. The minimum Gasteiger partial charge on any atom is -0.492 e. The van der Waals surface area contributed by atoms with Crippen LogP contribution >= 0.6 is 0 Å². The SMILES string of the molecule is Cc1ccc(NC(=O)N2CCC3(CC2)NC(=O)N(CCOc2ccccc2)C3=O)cc1F. The van der Waals surface area contributed by atoms with E-state index >= 15 is 0 Å². The van der Waals surface area contributed by atoms with Gasteiger partial charge < -0.3 is 20.3 Å². The molecule has 0 aliphatic carbocycles. The number of para-hydroxylation sites is 1. The molecule has 32 heavy (non-hydrogen) atoms. The Kier molecular flexibility index (Phi) is 5.98. The van der Waals surface area contributed by atoms with E-state index in [2.05, 4.69) is 10.6 Å². The number of urea groups is 2. The Balaban J connectivity index is 1.31. The lowest BCUT2D eigenvalue weighted by atomic mass is 9.87. The average Bonchev–Trinajstić information content (AvgIpc) is 3.01. The van der Waals surface area contributed by atoms with E-state index in [-0.39, 0.29) is 25.1 Å². The second kappa shape index (κ2) is 8.86. The third kappa shape index (κ3) is 4.37. The maximum atomic E-state index is 13.7. The molecular weight excluding hydrogens is 415 g/mol. The van der Waals surface area contributed by atoms with Gasteiger partial charge in [-0.15, -0.1) is 0 Å². The van der Waals surface area contributed by atoms with Crippen molar-refractivity contribution in [3.63, 3.8) is 0 Å². The zero-order chi connectivity index (χ0) is 22.7. The lowest BCUT2D eigenvalue weighted by molar-refractivity contribution is -0.133. The zero-order valence-corrected chi connectivity index (χ0v) is 17.8. The second-order valence-electron chi connectivity index (χ2n) is 8.01. The number of anilines is 1. The highest BCUT2D eigenvalue weighted by molar-refractivity contribution is 6.07.